The molecule has 7 rings (SSSR count). The van der Waals surface area contributed by atoms with Crippen LogP contribution in [0.1, 0.15) is 36.2 Å². The summed E-state index contributed by atoms with van der Waals surface area (Å²) < 4.78 is 2.28. The van der Waals surface area contributed by atoms with Crippen LogP contribution in [0.5, 0.6) is 0 Å². The van der Waals surface area contributed by atoms with Crippen molar-refractivity contribution in [2.24, 2.45) is 0 Å². The summed E-state index contributed by atoms with van der Waals surface area (Å²) in [5, 5.41) is 10.8. The van der Waals surface area contributed by atoms with E-state index >= 15 is 0 Å². The number of benzene rings is 6. The van der Waals surface area contributed by atoms with Gasteiger partial charge in [0.2, 0.25) is 5.91 Å². The number of fused-ring (bicyclic) bond motifs is 3. The lowest BCUT2D eigenvalue weighted by atomic mass is 10.0. The molecular weight excluding hydrogens is 689 g/mol. The van der Waals surface area contributed by atoms with Gasteiger partial charge in [-0.3, -0.25) is 14.4 Å². The van der Waals surface area contributed by atoms with Crippen molar-refractivity contribution in [1.29, 1.82) is 0 Å². The van der Waals surface area contributed by atoms with Crippen molar-refractivity contribution >= 4 is 68.7 Å². The third-order valence-corrected chi connectivity index (χ3v) is 10.6. The van der Waals surface area contributed by atoms with E-state index in [4.69, 9.17) is 0 Å². The van der Waals surface area contributed by atoms with Gasteiger partial charge in [0.1, 0.15) is 5.70 Å². The van der Waals surface area contributed by atoms with Gasteiger partial charge >= 0.3 is 0 Å². The highest BCUT2D eigenvalue weighted by Crippen LogP contribution is 2.33. The van der Waals surface area contributed by atoms with Crippen molar-refractivity contribution in [2.45, 2.75) is 37.0 Å². The largest absolute Gasteiger partial charge is 0.341 e. The van der Waals surface area contributed by atoms with Crippen LogP contribution < -0.4 is 16.0 Å². The normalized spacial score (nSPS) is 12.0. The third-order valence-electron chi connectivity index (χ3n) is 9.25. The molecule has 1 aromatic heterocycles. The number of aryl methyl sites for hydroxylation is 1. The highest BCUT2D eigenvalue weighted by atomic mass is 32.2. The molecule has 0 aliphatic heterocycles. The molecule has 7 aromatic rings. The van der Waals surface area contributed by atoms with Crippen molar-refractivity contribution in [3.05, 3.63) is 168 Å². The standard InChI is InChI=1S/C46H40N4O3S/c1-3-43(46(53)48-36-26-27-42-39(30-36)38-20-11-12-21-41(38)50(42)4-2)54-37-19-13-18-35(29-37)47-45(52)40(49-44(51)34-16-9-6-10-17-34)28-31-22-24-33(25-23-31)32-14-7-5-8-15-32/h5-30,43H,3-4H2,1-2H3,(H,47,52)(H,48,53)(H,49,51)/b40-28+. The Morgan fingerprint density at radius 3 is 2.06 bits per heavy atom. The van der Waals surface area contributed by atoms with Crippen molar-refractivity contribution in [2.75, 3.05) is 10.6 Å². The Labute approximate surface area is 319 Å². The second-order valence-electron chi connectivity index (χ2n) is 12.8. The molecule has 0 bridgehead atoms. The van der Waals surface area contributed by atoms with Gasteiger partial charge in [-0.2, -0.15) is 0 Å². The lowest BCUT2D eigenvalue weighted by Gasteiger charge is -2.16. The summed E-state index contributed by atoms with van der Waals surface area (Å²) in [5.41, 5.74) is 7.01. The summed E-state index contributed by atoms with van der Waals surface area (Å²) in [7, 11) is 0. The van der Waals surface area contributed by atoms with E-state index in [9.17, 15) is 14.4 Å². The van der Waals surface area contributed by atoms with E-state index < -0.39 is 11.8 Å². The smallest absolute Gasteiger partial charge is 0.272 e. The summed E-state index contributed by atoms with van der Waals surface area (Å²) in [6.07, 6.45) is 2.27. The highest BCUT2D eigenvalue weighted by molar-refractivity contribution is 8.00. The van der Waals surface area contributed by atoms with Gasteiger partial charge in [0.05, 0.1) is 5.25 Å². The number of rotatable bonds is 12. The van der Waals surface area contributed by atoms with Gasteiger partial charge in [-0.15, -0.1) is 11.8 Å². The number of amides is 3. The summed E-state index contributed by atoms with van der Waals surface area (Å²) in [5.74, 6) is -0.963. The molecule has 0 aliphatic rings. The van der Waals surface area contributed by atoms with Gasteiger partial charge < -0.3 is 20.5 Å². The first-order chi connectivity index (χ1) is 26.4. The minimum atomic E-state index is -0.474. The van der Waals surface area contributed by atoms with Gasteiger partial charge in [0.25, 0.3) is 11.8 Å². The molecule has 0 spiro atoms. The fourth-order valence-corrected chi connectivity index (χ4v) is 7.55. The first kappa shape index (κ1) is 36.0. The number of carbonyl (C=O) groups excluding carboxylic acids is 3. The van der Waals surface area contributed by atoms with Crippen LogP contribution in [0.3, 0.4) is 0 Å². The number of hydrogen-bond acceptors (Lipinski definition) is 4. The Balaban J connectivity index is 1.07. The van der Waals surface area contributed by atoms with Crippen LogP contribution in [0.4, 0.5) is 11.4 Å². The molecule has 0 aliphatic carbocycles. The molecule has 7 nitrogen and oxygen atoms in total. The maximum Gasteiger partial charge on any atom is 0.272 e. The Kier molecular flexibility index (Phi) is 11.0. The molecule has 54 heavy (non-hydrogen) atoms. The quantitative estimate of drug-likeness (QED) is 0.0863. The van der Waals surface area contributed by atoms with Crippen molar-refractivity contribution in [1.82, 2.24) is 9.88 Å². The van der Waals surface area contributed by atoms with E-state index in [2.05, 4.69) is 51.7 Å². The molecule has 268 valence electrons. The number of aromatic nitrogens is 1. The average molecular weight is 729 g/mol. The Hall–Kier alpha value is -6.38. The molecule has 3 amide bonds. The van der Waals surface area contributed by atoms with Gasteiger partial charge in [-0.05, 0) is 90.7 Å². The van der Waals surface area contributed by atoms with E-state index in [-0.39, 0.29) is 16.9 Å². The first-order valence-electron chi connectivity index (χ1n) is 18.0. The molecule has 0 radical (unpaired) electrons. The van der Waals surface area contributed by atoms with Crippen LogP contribution in [-0.4, -0.2) is 27.5 Å². The van der Waals surface area contributed by atoms with E-state index in [1.54, 1.807) is 36.4 Å². The predicted octanol–water partition coefficient (Wildman–Crippen LogP) is 10.4. The minimum Gasteiger partial charge on any atom is -0.341 e. The molecule has 0 saturated carbocycles. The number of para-hydroxylation sites is 1. The first-order valence-corrected chi connectivity index (χ1v) is 18.9. The summed E-state index contributed by atoms with van der Waals surface area (Å²) in [6.45, 7) is 4.98. The second kappa shape index (κ2) is 16.5. The fourth-order valence-electron chi connectivity index (χ4n) is 6.54. The Morgan fingerprint density at radius 2 is 1.31 bits per heavy atom. The molecular formula is C46H40N4O3S. The van der Waals surface area contributed by atoms with Crippen LogP contribution >= 0.6 is 11.8 Å². The van der Waals surface area contributed by atoms with E-state index in [1.807, 2.05) is 104 Å². The van der Waals surface area contributed by atoms with Crippen LogP contribution in [0.25, 0.3) is 39.0 Å². The van der Waals surface area contributed by atoms with Gasteiger partial charge in [0.15, 0.2) is 0 Å². The van der Waals surface area contributed by atoms with Gasteiger partial charge in [-0.25, -0.2) is 0 Å². The zero-order valence-electron chi connectivity index (χ0n) is 30.1. The molecule has 8 heteroatoms. The molecule has 1 atom stereocenters. The molecule has 1 heterocycles. The maximum absolute atomic E-state index is 13.8. The van der Waals surface area contributed by atoms with Crippen molar-refractivity contribution < 1.29 is 14.4 Å². The number of thioether (sulfide) groups is 1. The monoisotopic (exact) mass is 728 g/mol. The molecule has 0 fully saturated rings. The lowest BCUT2D eigenvalue weighted by molar-refractivity contribution is -0.116. The number of anilines is 2. The SMILES string of the molecule is CCC(Sc1cccc(NC(=O)/C(=C\c2ccc(-c3ccccc3)cc2)NC(=O)c2ccccc2)c1)C(=O)Nc1ccc2c(c1)c1ccccc1n2CC. The minimum absolute atomic E-state index is 0.0948. The van der Waals surface area contributed by atoms with Crippen molar-refractivity contribution in [3.63, 3.8) is 0 Å². The summed E-state index contributed by atoms with van der Waals surface area (Å²) in [4.78, 5) is 41.4. The summed E-state index contributed by atoms with van der Waals surface area (Å²) >= 11 is 1.44. The van der Waals surface area contributed by atoms with E-state index in [0.29, 0.717) is 17.7 Å². The zero-order valence-corrected chi connectivity index (χ0v) is 30.9. The number of nitrogens with zero attached hydrogens (tertiary/aromatic N) is 1. The Bertz CT molecular complexity index is 2470. The lowest BCUT2D eigenvalue weighted by Crippen LogP contribution is -2.30. The topological polar surface area (TPSA) is 92.2 Å². The van der Waals surface area contributed by atoms with Crippen LogP contribution in [-0.2, 0) is 16.1 Å². The molecule has 0 saturated heterocycles. The average Bonchev–Trinajstić information content (AvgIpc) is 3.53. The highest BCUT2D eigenvalue weighted by Gasteiger charge is 2.20. The maximum atomic E-state index is 13.8. The molecule has 3 N–H and O–H groups in total. The van der Waals surface area contributed by atoms with Crippen LogP contribution in [0.2, 0.25) is 0 Å². The number of carbonyl (C=O) groups is 3. The number of nitrogens with one attached hydrogen (secondary N) is 3. The second-order valence-corrected chi connectivity index (χ2v) is 14.1. The van der Waals surface area contributed by atoms with E-state index in [1.165, 1.54) is 17.3 Å². The van der Waals surface area contributed by atoms with Crippen LogP contribution in [0.15, 0.2) is 162 Å². The van der Waals surface area contributed by atoms with Crippen molar-refractivity contribution in [3.8, 4) is 11.1 Å². The predicted molar refractivity (Wildman–Crippen MR) is 223 cm³/mol. The number of hydrogen-bond donors (Lipinski definition) is 3. The molecule has 1 unspecified atom stereocenters. The van der Waals surface area contributed by atoms with Crippen LogP contribution in [0, 0.1) is 0 Å². The molecule has 6 aromatic carbocycles. The Morgan fingerprint density at radius 1 is 0.648 bits per heavy atom. The van der Waals surface area contributed by atoms with Gasteiger partial charge in [0, 0.05) is 50.2 Å². The van der Waals surface area contributed by atoms with Gasteiger partial charge in [-0.1, -0.05) is 104 Å². The van der Waals surface area contributed by atoms with E-state index in [0.717, 1.165) is 50.1 Å². The summed E-state index contributed by atoms with van der Waals surface area (Å²) in [6, 6.07) is 48.4. The zero-order chi connectivity index (χ0) is 37.4. The fraction of sp³-hybridized carbons (Fsp3) is 0.109. The third kappa shape index (κ3) is 8.14.